The number of hydrogen-bond acceptors (Lipinski definition) is 5. The lowest BCUT2D eigenvalue weighted by Crippen LogP contribution is -2.54. The van der Waals surface area contributed by atoms with Gasteiger partial charge in [-0.3, -0.25) is 19.2 Å². The van der Waals surface area contributed by atoms with Crippen LogP contribution in [-0.2, 0) is 36.9 Å². The number of amides is 3. The zero-order valence-corrected chi connectivity index (χ0v) is 17.0. The average molecular weight is 429 g/mol. The molecule has 2 aromatic rings. The third-order valence-corrected chi connectivity index (χ3v) is 4.32. The molecule has 0 saturated heterocycles. The summed E-state index contributed by atoms with van der Waals surface area (Å²) in [5, 5.41) is 4.85. The highest BCUT2D eigenvalue weighted by molar-refractivity contribution is 5.93. The molecule has 0 aliphatic rings. The zero-order chi connectivity index (χ0) is 22.8. The van der Waals surface area contributed by atoms with Crippen LogP contribution in [0.5, 0.6) is 0 Å². The van der Waals surface area contributed by atoms with Crippen molar-refractivity contribution in [3.8, 4) is 0 Å². The predicted molar refractivity (Wildman–Crippen MR) is 110 cm³/mol. The lowest BCUT2D eigenvalue weighted by atomic mass is 10.0. The first-order valence-corrected chi connectivity index (χ1v) is 9.55. The molecule has 2 rings (SSSR count). The van der Waals surface area contributed by atoms with Gasteiger partial charge < -0.3 is 21.1 Å². The van der Waals surface area contributed by atoms with Gasteiger partial charge in [0.15, 0.2) is 0 Å². The first kappa shape index (κ1) is 23.5. The molecule has 0 unspecified atom stereocenters. The van der Waals surface area contributed by atoms with Crippen LogP contribution in [0.25, 0.3) is 0 Å². The second-order valence-electron chi connectivity index (χ2n) is 6.90. The highest BCUT2D eigenvalue weighted by atomic mass is 19.1. The van der Waals surface area contributed by atoms with E-state index in [-0.39, 0.29) is 13.0 Å². The van der Waals surface area contributed by atoms with Crippen molar-refractivity contribution in [3.63, 3.8) is 0 Å². The maximum Gasteiger partial charge on any atom is 0.308 e. The molecule has 0 aromatic heterocycles. The lowest BCUT2D eigenvalue weighted by Gasteiger charge is -2.21. The van der Waals surface area contributed by atoms with Crippen LogP contribution < -0.4 is 16.4 Å². The fourth-order valence-corrected chi connectivity index (χ4v) is 2.77. The zero-order valence-electron chi connectivity index (χ0n) is 17.0. The molecule has 0 aliphatic heterocycles. The molecular weight excluding hydrogens is 405 g/mol. The van der Waals surface area contributed by atoms with Crippen LogP contribution >= 0.6 is 0 Å². The number of benzene rings is 2. The van der Waals surface area contributed by atoms with E-state index in [1.807, 2.05) is 6.07 Å². The number of nitrogens with two attached hydrogens (primary N) is 1. The Balaban J connectivity index is 1.99. The standard InChI is InChI=1S/C22H24FN3O5/c1-14(27)25-19(11-15-7-9-17(23)10-8-15)22(30)26-18(21(24)29)12-20(28)31-13-16-5-3-2-4-6-16/h2-10,18-19H,11-13H2,1H3,(H2,24,29)(H,25,27)(H,26,30)/t18-,19-/m0/s1. The van der Waals surface area contributed by atoms with Crippen LogP contribution in [0.2, 0.25) is 0 Å². The highest BCUT2D eigenvalue weighted by Gasteiger charge is 2.27. The molecule has 0 bridgehead atoms. The quantitative estimate of drug-likeness (QED) is 0.485. The summed E-state index contributed by atoms with van der Waals surface area (Å²) in [6.07, 6.45) is -0.410. The van der Waals surface area contributed by atoms with E-state index < -0.39 is 48.0 Å². The van der Waals surface area contributed by atoms with E-state index in [1.165, 1.54) is 31.2 Å². The van der Waals surface area contributed by atoms with E-state index in [0.29, 0.717) is 5.56 Å². The summed E-state index contributed by atoms with van der Waals surface area (Å²) >= 11 is 0. The minimum Gasteiger partial charge on any atom is -0.461 e. The lowest BCUT2D eigenvalue weighted by molar-refractivity contribution is -0.147. The summed E-state index contributed by atoms with van der Waals surface area (Å²) in [5.74, 6) is -3.26. The van der Waals surface area contributed by atoms with Crippen molar-refractivity contribution in [1.29, 1.82) is 0 Å². The van der Waals surface area contributed by atoms with E-state index in [0.717, 1.165) is 5.56 Å². The number of carbonyl (C=O) groups is 4. The molecule has 0 radical (unpaired) electrons. The number of hydrogen-bond donors (Lipinski definition) is 3. The number of primary amides is 1. The maximum atomic E-state index is 13.1. The van der Waals surface area contributed by atoms with Crippen LogP contribution in [0, 0.1) is 5.82 Å². The van der Waals surface area contributed by atoms with Gasteiger partial charge in [0.1, 0.15) is 24.5 Å². The van der Waals surface area contributed by atoms with E-state index in [4.69, 9.17) is 10.5 Å². The van der Waals surface area contributed by atoms with Gasteiger partial charge in [-0.05, 0) is 23.3 Å². The molecular formula is C22H24FN3O5. The van der Waals surface area contributed by atoms with E-state index in [9.17, 15) is 23.6 Å². The van der Waals surface area contributed by atoms with E-state index >= 15 is 0 Å². The molecule has 0 spiro atoms. The Kier molecular flexibility index (Phi) is 8.68. The van der Waals surface area contributed by atoms with Crippen molar-refractivity contribution >= 4 is 23.7 Å². The molecule has 0 aliphatic carbocycles. The number of halogens is 1. The summed E-state index contributed by atoms with van der Waals surface area (Å²) in [6.45, 7) is 1.25. The summed E-state index contributed by atoms with van der Waals surface area (Å²) < 4.78 is 18.2. The van der Waals surface area contributed by atoms with Gasteiger partial charge in [-0.2, -0.15) is 0 Å². The average Bonchev–Trinajstić information content (AvgIpc) is 2.73. The van der Waals surface area contributed by atoms with Gasteiger partial charge in [-0.25, -0.2) is 4.39 Å². The van der Waals surface area contributed by atoms with Crippen LogP contribution in [0.1, 0.15) is 24.5 Å². The number of esters is 1. The van der Waals surface area contributed by atoms with Crippen molar-refractivity contribution < 1.29 is 28.3 Å². The molecule has 2 atom stereocenters. The Bertz CT molecular complexity index is 919. The van der Waals surface area contributed by atoms with Crippen molar-refractivity contribution in [2.75, 3.05) is 0 Å². The fraction of sp³-hybridized carbons (Fsp3) is 0.273. The summed E-state index contributed by atoms with van der Waals surface area (Å²) in [7, 11) is 0. The Morgan fingerprint density at radius 3 is 2.16 bits per heavy atom. The Hall–Kier alpha value is -3.75. The number of nitrogens with one attached hydrogen (secondary N) is 2. The van der Waals surface area contributed by atoms with Gasteiger partial charge >= 0.3 is 5.97 Å². The van der Waals surface area contributed by atoms with Gasteiger partial charge in [0, 0.05) is 13.3 Å². The van der Waals surface area contributed by atoms with Crippen LogP contribution in [0.4, 0.5) is 4.39 Å². The fourth-order valence-electron chi connectivity index (χ4n) is 2.77. The number of carbonyl (C=O) groups excluding carboxylic acids is 4. The molecule has 9 heteroatoms. The molecule has 4 N–H and O–H groups in total. The van der Waals surface area contributed by atoms with E-state index in [2.05, 4.69) is 10.6 Å². The smallest absolute Gasteiger partial charge is 0.308 e. The van der Waals surface area contributed by atoms with Gasteiger partial charge in [-0.15, -0.1) is 0 Å². The van der Waals surface area contributed by atoms with Crippen molar-refractivity contribution in [3.05, 3.63) is 71.5 Å². The van der Waals surface area contributed by atoms with Crippen LogP contribution in [-0.4, -0.2) is 35.8 Å². The third kappa shape index (κ3) is 8.25. The summed E-state index contributed by atoms with van der Waals surface area (Å²) in [6, 6.07) is 12.0. The summed E-state index contributed by atoms with van der Waals surface area (Å²) in [4.78, 5) is 48.0. The normalized spacial score (nSPS) is 12.3. The second kappa shape index (κ2) is 11.4. The third-order valence-electron chi connectivity index (χ3n) is 4.32. The van der Waals surface area contributed by atoms with Crippen LogP contribution in [0.3, 0.4) is 0 Å². The van der Waals surface area contributed by atoms with Crippen LogP contribution in [0.15, 0.2) is 54.6 Å². The molecule has 0 fully saturated rings. The molecule has 31 heavy (non-hydrogen) atoms. The first-order chi connectivity index (χ1) is 14.7. The monoisotopic (exact) mass is 429 g/mol. The number of rotatable bonds is 10. The maximum absolute atomic E-state index is 13.1. The highest BCUT2D eigenvalue weighted by Crippen LogP contribution is 2.08. The Labute approximate surface area is 179 Å². The minimum absolute atomic E-state index is 0.0121. The Morgan fingerprint density at radius 2 is 1.58 bits per heavy atom. The van der Waals surface area contributed by atoms with Crippen molar-refractivity contribution in [2.45, 2.75) is 38.5 Å². The van der Waals surface area contributed by atoms with Gasteiger partial charge in [0.25, 0.3) is 0 Å². The molecule has 0 saturated carbocycles. The van der Waals surface area contributed by atoms with Gasteiger partial charge in [-0.1, -0.05) is 42.5 Å². The van der Waals surface area contributed by atoms with E-state index in [1.54, 1.807) is 24.3 Å². The Morgan fingerprint density at radius 1 is 0.935 bits per heavy atom. The molecule has 3 amide bonds. The topological polar surface area (TPSA) is 128 Å². The van der Waals surface area contributed by atoms with Gasteiger partial charge in [0.2, 0.25) is 17.7 Å². The first-order valence-electron chi connectivity index (χ1n) is 9.55. The van der Waals surface area contributed by atoms with Crippen molar-refractivity contribution in [1.82, 2.24) is 10.6 Å². The molecule has 0 heterocycles. The number of ether oxygens (including phenoxy) is 1. The second-order valence-corrected chi connectivity index (χ2v) is 6.90. The molecule has 8 nitrogen and oxygen atoms in total. The molecule has 2 aromatic carbocycles. The predicted octanol–water partition coefficient (Wildman–Crippen LogP) is 0.976. The minimum atomic E-state index is -1.32. The largest absolute Gasteiger partial charge is 0.461 e. The van der Waals surface area contributed by atoms with Gasteiger partial charge in [0.05, 0.1) is 6.42 Å². The molecule has 164 valence electrons. The SMILES string of the molecule is CC(=O)N[C@@H](Cc1ccc(F)cc1)C(=O)N[C@@H](CC(=O)OCc1ccccc1)C(N)=O. The summed E-state index contributed by atoms with van der Waals surface area (Å²) in [5.41, 5.74) is 6.68. The van der Waals surface area contributed by atoms with Crippen molar-refractivity contribution in [2.24, 2.45) is 5.73 Å².